The Bertz CT molecular complexity index is 516. The van der Waals surface area contributed by atoms with E-state index in [0.717, 1.165) is 0 Å². The van der Waals surface area contributed by atoms with E-state index in [1.54, 1.807) is 24.1 Å². The standard InChI is InChI=1S/C14H16FNO4/c1-16-11(14(19)20-2)7-10(13(17)18)12(16)8-3-5-9(15)6-4-8/h3-6,10-12H,7H2,1-2H3,(H,17,18)/t10-,11-,12+/m0/s1. The molecular formula is C14H16FNO4. The number of halogens is 1. The molecule has 3 atom stereocenters. The van der Waals surface area contributed by atoms with Gasteiger partial charge in [0, 0.05) is 6.04 Å². The van der Waals surface area contributed by atoms with Crippen LogP contribution in [0.25, 0.3) is 0 Å². The highest BCUT2D eigenvalue weighted by molar-refractivity contribution is 5.79. The number of methoxy groups -OCH3 is 1. The zero-order chi connectivity index (χ0) is 14.9. The predicted molar refractivity (Wildman–Crippen MR) is 68.5 cm³/mol. The first kappa shape index (κ1) is 14.5. The summed E-state index contributed by atoms with van der Waals surface area (Å²) in [6.45, 7) is 0. The Morgan fingerprint density at radius 1 is 1.35 bits per heavy atom. The highest BCUT2D eigenvalue weighted by Gasteiger charge is 2.47. The van der Waals surface area contributed by atoms with Crippen LogP contribution in [0.1, 0.15) is 18.0 Å². The number of likely N-dealkylation sites (tertiary alicyclic amines) is 1. The van der Waals surface area contributed by atoms with Gasteiger partial charge < -0.3 is 9.84 Å². The molecule has 0 bridgehead atoms. The van der Waals surface area contributed by atoms with Crippen LogP contribution in [0, 0.1) is 11.7 Å². The van der Waals surface area contributed by atoms with Crippen LogP contribution in [0.3, 0.4) is 0 Å². The van der Waals surface area contributed by atoms with Crippen LogP contribution >= 0.6 is 0 Å². The normalized spacial score (nSPS) is 26.4. The fourth-order valence-electron chi connectivity index (χ4n) is 2.78. The van der Waals surface area contributed by atoms with Crippen molar-refractivity contribution in [1.29, 1.82) is 0 Å². The fourth-order valence-corrected chi connectivity index (χ4v) is 2.78. The Balaban J connectivity index is 2.35. The van der Waals surface area contributed by atoms with Crippen molar-refractivity contribution in [3.8, 4) is 0 Å². The molecular weight excluding hydrogens is 265 g/mol. The molecule has 0 saturated carbocycles. The van der Waals surface area contributed by atoms with E-state index in [2.05, 4.69) is 0 Å². The van der Waals surface area contributed by atoms with Crippen molar-refractivity contribution in [2.45, 2.75) is 18.5 Å². The smallest absolute Gasteiger partial charge is 0.323 e. The number of ether oxygens (including phenoxy) is 1. The second-order valence-corrected chi connectivity index (χ2v) is 4.88. The van der Waals surface area contributed by atoms with E-state index in [1.807, 2.05) is 0 Å². The number of carboxylic acids is 1. The topological polar surface area (TPSA) is 66.8 Å². The summed E-state index contributed by atoms with van der Waals surface area (Å²) in [6.07, 6.45) is 0.181. The SMILES string of the molecule is COC(=O)[C@@H]1C[C@H](C(=O)O)[C@@H](c2ccc(F)cc2)N1C. The van der Waals surface area contributed by atoms with Crippen molar-refractivity contribution in [3.63, 3.8) is 0 Å². The van der Waals surface area contributed by atoms with E-state index in [9.17, 15) is 19.1 Å². The molecule has 1 aromatic carbocycles. The van der Waals surface area contributed by atoms with Gasteiger partial charge in [0.25, 0.3) is 0 Å². The number of carbonyl (C=O) groups is 2. The van der Waals surface area contributed by atoms with Gasteiger partial charge in [-0.15, -0.1) is 0 Å². The van der Waals surface area contributed by atoms with Crippen molar-refractivity contribution in [2.75, 3.05) is 14.2 Å². The number of benzene rings is 1. The number of aliphatic carboxylic acids is 1. The number of rotatable bonds is 3. The third-order valence-corrected chi connectivity index (χ3v) is 3.79. The first-order chi connectivity index (χ1) is 9.45. The van der Waals surface area contributed by atoms with Crippen LogP contribution in [0.5, 0.6) is 0 Å². The Morgan fingerprint density at radius 2 is 1.95 bits per heavy atom. The van der Waals surface area contributed by atoms with Crippen molar-refractivity contribution in [1.82, 2.24) is 4.90 Å². The zero-order valence-corrected chi connectivity index (χ0v) is 11.2. The van der Waals surface area contributed by atoms with Crippen LogP contribution in [-0.4, -0.2) is 42.1 Å². The Labute approximate surface area is 116 Å². The number of hydrogen-bond donors (Lipinski definition) is 1. The summed E-state index contributed by atoms with van der Waals surface area (Å²) >= 11 is 0. The Morgan fingerprint density at radius 3 is 2.45 bits per heavy atom. The summed E-state index contributed by atoms with van der Waals surface area (Å²) < 4.78 is 17.7. The number of nitrogens with zero attached hydrogens (tertiary/aromatic N) is 1. The average molecular weight is 281 g/mol. The first-order valence-corrected chi connectivity index (χ1v) is 6.23. The number of likely N-dealkylation sites (N-methyl/N-ethyl adjacent to an activating group) is 1. The molecule has 0 aliphatic carbocycles. The molecule has 20 heavy (non-hydrogen) atoms. The maximum Gasteiger partial charge on any atom is 0.323 e. The molecule has 108 valence electrons. The lowest BCUT2D eigenvalue weighted by molar-refractivity contribution is -0.145. The van der Waals surface area contributed by atoms with Gasteiger partial charge in [-0.2, -0.15) is 0 Å². The van der Waals surface area contributed by atoms with E-state index in [0.29, 0.717) is 5.56 Å². The lowest BCUT2D eigenvalue weighted by Crippen LogP contribution is -2.35. The van der Waals surface area contributed by atoms with Gasteiger partial charge in [0.1, 0.15) is 11.9 Å². The molecule has 0 aromatic heterocycles. The fraction of sp³-hybridized carbons (Fsp3) is 0.429. The van der Waals surface area contributed by atoms with Crippen LogP contribution in [0.15, 0.2) is 24.3 Å². The van der Waals surface area contributed by atoms with E-state index in [4.69, 9.17) is 4.74 Å². The molecule has 0 radical (unpaired) electrons. The largest absolute Gasteiger partial charge is 0.481 e. The van der Waals surface area contributed by atoms with Crippen LogP contribution in [-0.2, 0) is 14.3 Å². The van der Waals surface area contributed by atoms with Crippen LogP contribution in [0.4, 0.5) is 4.39 Å². The molecule has 1 fully saturated rings. The van der Waals surface area contributed by atoms with Gasteiger partial charge in [-0.25, -0.2) is 4.39 Å². The van der Waals surface area contributed by atoms with Crippen molar-refractivity contribution < 1.29 is 23.8 Å². The van der Waals surface area contributed by atoms with Gasteiger partial charge in [-0.05, 0) is 31.2 Å². The summed E-state index contributed by atoms with van der Waals surface area (Å²) in [5.74, 6) is -2.54. The minimum Gasteiger partial charge on any atom is -0.481 e. The lowest BCUT2D eigenvalue weighted by Gasteiger charge is -2.25. The molecule has 1 saturated heterocycles. The molecule has 0 amide bonds. The molecule has 1 aliphatic heterocycles. The highest BCUT2D eigenvalue weighted by atomic mass is 19.1. The van der Waals surface area contributed by atoms with E-state index < -0.39 is 29.9 Å². The van der Waals surface area contributed by atoms with E-state index in [-0.39, 0.29) is 12.2 Å². The molecule has 1 aliphatic rings. The number of carbonyl (C=O) groups excluding carboxylic acids is 1. The Hall–Kier alpha value is -1.95. The monoisotopic (exact) mass is 281 g/mol. The summed E-state index contributed by atoms with van der Waals surface area (Å²) in [7, 11) is 2.95. The first-order valence-electron chi connectivity index (χ1n) is 6.23. The van der Waals surface area contributed by atoms with E-state index >= 15 is 0 Å². The van der Waals surface area contributed by atoms with Crippen molar-refractivity contribution in [2.24, 2.45) is 5.92 Å². The van der Waals surface area contributed by atoms with Crippen molar-refractivity contribution in [3.05, 3.63) is 35.6 Å². The second kappa shape index (κ2) is 5.58. The molecule has 1 heterocycles. The van der Waals surface area contributed by atoms with Gasteiger partial charge >= 0.3 is 11.9 Å². The molecule has 1 aromatic rings. The van der Waals surface area contributed by atoms with Crippen LogP contribution in [0.2, 0.25) is 0 Å². The number of hydrogen-bond acceptors (Lipinski definition) is 4. The zero-order valence-electron chi connectivity index (χ0n) is 11.2. The summed E-state index contributed by atoms with van der Waals surface area (Å²) in [5.41, 5.74) is 0.674. The summed E-state index contributed by atoms with van der Waals surface area (Å²) in [5, 5.41) is 9.34. The minimum atomic E-state index is -0.974. The number of carboxylic acid groups (broad SMARTS) is 1. The van der Waals surface area contributed by atoms with Gasteiger partial charge in [-0.3, -0.25) is 14.5 Å². The van der Waals surface area contributed by atoms with Crippen molar-refractivity contribution >= 4 is 11.9 Å². The Kier molecular flexibility index (Phi) is 4.04. The maximum absolute atomic E-state index is 13.0. The van der Waals surface area contributed by atoms with Gasteiger partial charge in [0.15, 0.2) is 0 Å². The third kappa shape index (κ3) is 2.51. The second-order valence-electron chi connectivity index (χ2n) is 4.88. The highest BCUT2D eigenvalue weighted by Crippen LogP contribution is 2.40. The molecule has 2 rings (SSSR count). The summed E-state index contributed by atoms with van der Waals surface area (Å²) in [6, 6.07) is 4.59. The van der Waals surface area contributed by atoms with Gasteiger partial charge in [0.2, 0.25) is 0 Å². The summed E-state index contributed by atoms with van der Waals surface area (Å²) in [4.78, 5) is 24.8. The van der Waals surface area contributed by atoms with E-state index in [1.165, 1.54) is 19.2 Å². The molecule has 1 N–H and O–H groups in total. The lowest BCUT2D eigenvalue weighted by atomic mass is 9.93. The maximum atomic E-state index is 13.0. The number of esters is 1. The van der Waals surface area contributed by atoms with Gasteiger partial charge in [-0.1, -0.05) is 12.1 Å². The molecule has 0 spiro atoms. The quantitative estimate of drug-likeness (QED) is 0.849. The predicted octanol–water partition coefficient (Wildman–Crippen LogP) is 1.44. The van der Waals surface area contributed by atoms with Gasteiger partial charge in [0.05, 0.1) is 13.0 Å². The average Bonchev–Trinajstić information content (AvgIpc) is 2.77. The molecule has 5 nitrogen and oxygen atoms in total. The third-order valence-electron chi connectivity index (χ3n) is 3.79. The van der Waals surface area contributed by atoms with Crippen LogP contribution < -0.4 is 0 Å². The molecule has 0 unspecified atom stereocenters. The molecule has 6 heteroatoms. The minimum absolute atomic E-state index is 0.181.